The van der Waals surface area contributed by atoms with Crippen LogP contribution < -0.4 is 15.0 Å². The number of rotatable bonds is 7. The van der Waals surface area contributed by atoms with Gasteiger partial charge in [0.05, 0.1) is 6.61 Å². The Morgan fingerprint density at radius 3 is 2.54 bits per heavy atom. The molecule has 1 saturated heterocycles. The summed E-state index contributed by atoms with van der Waals surface area (Å²) >= 11 is 0. The average Bonchev–Trinajstić information content (AvgIpc) is 3.15. The summed E-state index contributed by atoms with van der Waals surface area (Å²) in [4.78, 5) is 2.65. The van der Waals surface area contributed by atoms with E-state index in [-0.39, 0.29) is 0 Å². The second kappa shape index (κ2) is 9.00. The molecule has 0 amide bonds. The number of nitrogens with zero attached hydrogens (tertiary/aromatic N) is 1. The summed E-state index contributed by atoms with van der Waals surface area (Å²) in [5.74, 6) is 1.02. The van der Waals surface area contributed by atoms with E-state index in [0.717, 1.165) is 25.1 Å². The summed E-state index contributed by atoms with van der Waals surface area (Å²) in [7, 11) is 0. The number of hydrogen-bond donors (Lipinski definition) is 1. The molecule has 1 N–H and O–H groups in total. The standard InChI is InChI=1S/C25H34N2O/c1-3-28-25-18-23(12-11-19(25)2)27(15-13-22-10-6-7-14-26-22)24-16-20-8-4-5-9-21(20)17-24/h4-5,8-9,11-12,18,22,24,26H,3,6-7,10,13-17H2,1-2H3. The van der Waals surface area contributed by atoms with Gasteiger partial charge in [-0.1, -0.05) is 36.8 Å². The van der Waals surface area contributed by atoms with Crippen LogP contribution in [0.4, 0.5) is 5.69 Å². The Labute approximate surface area is 170 Å². The van der Waals surface area contributed by atoms with Crippen LogP contribution in [0.5, 0.6) is 5.75 Å². The van der Waals surface area contributed by atoms with E-state index in [4.69, 9.17) is 4.74 Å². The Balaban J connectivity index is 1.55. The molecule has 0 radical (unpaired) electrons. The number of anilines is 1. The van der Waals surface area contributed by atoms with E-state index < -0.39 is 0 Å². The maximum Gasteiger partial charge on any atom is 0.124 e. The van der Waals surface area contributed by atoms with Gasteiger partial charge in [0, 0.05) is 30.4 Å². The Morgan fingerprint density at radius 2 is 1.86 bits per heavy atom. The van der Waals surface area contributed by atoms with E-state index in [1.165, 1.54) is 54.6 Å². The molecule has 150 valence electrons. The fourth-order valence-corrected chi connectivity index (χ4v) is 4.82. The second-order valence-electron chi connectivity index (χ2n) is 8.34. The third-order valence-corrected chi connectivity index (χ3v) is 6.40. The third kappa shape index (κ3) is 4.35. The zero-order chi connectivity index (χ0) is 19.3. The minimum absolute atomic E-state index is 0.540. The highest BCUT2D eigenvalue weighted by molar-refractivity contribution is 5.55. The van der Waals surface area contributed by atoms with Crippen molar-refractivity contribution in [2.75, 3.05) is 24.6 Å². The Hall–Kier alpha value is -2.00. The molecule has 3 nitrogen and oxygen atoms in total. The van der Waals surface area contributed by atoms with E-state index in [1.54, 1.807) is 0 Å². The normalized spacial score (nSPS) is 19.4. The summed E-state index contributed by atoms with van der Waals surface area (Å²) < 4.78 is 5.91. The fraction of sp³-hybridized carbons (Fsp3) is 0.520. The predicted molar refractivity (Wildman–Crippen MR) is 118 cm³/mol. The maximum atomic E-state index is 5.91. The lowest BCUT2D eigenvalue weighted by Crippen LogP contribution is -2.41. The molecule has 28 heavy (non-hydrogen) atoms. The number of ether oxygens (including phenoxy) is 1. The zero-order valence-electron chi connectivity index (χ0n) is 17.4. The first-order valence-corrected chi connectivity index (χ1v) is 11.0. The first kappa shape index (κ1) is 19.3. The van der Waals surface area contributed by atoms with E-state index in [9.17, 15) is 0 Å². The third-order valence-electron chi connectivity index (χ3n) is 6.40. The Morgan fingerprint density at radius 1 is 1.07 bits per heavy atom. The average molecular weight is 379 g/mol. The van der Waals surface area contributed by atoms with Gasteiger partial charge >= 0.3 is 0 Å². The van der Waals surface area contributed by atoms with Crippen molar-refractivity contribution in [2.24, 2.45) is 0 Å². The van der Waals surface area contributed by atoms with Gasteiger partial charge in [-0.2, -0.15) is 0 Å². The molecule has 1 unspecified atom stereocenters. The molecule has 0 aromatic heterocycles. The smallest absolute Gasteiger partial charge is 0.124 e. The lowest BCUT2D eigenvalue weighted by atomic mass is 10.0. The van der Waals surface area contributed by atoms with Gasteiger partial charge in [0.25, 0.3) is 0 Å². The Bertz CT molecular complexity index is 757. The highest BCUT2D eigenvalue weighted by atomic mass is 16.5. The number of hydrogen-bond acceptors (Lipinski definition) is 3. The molecule has 4 rings (SSSR count). The van der Waals surface area contributed by atoms with Crippen molar-refractivity contribution in [3.8, 4) is 5.75 Å². The van der Waals surface area contributed by atoms with E-state index in [1.807, 2.05) is 0 Å². The summed E-state index contributed by atoms with van der Waals surface area (Å²) in [5, 5.41) is 3.72. The number of aryl methyl sites for hydroxylation is 1. The van der Waals surface area contributed by atoms with Gasteiger partial charge in [-0.15, -0.1) is 0 Å². The van der Waals surface area contributed by atoms with Crippen LogP contribution in [0.1, 0.15) is 49.3 Å². The molecular formula is C25H34N2O. The van der Waals surface area contributed by atoms with Gasteiger partial charge in [0.2, 0.25) is 0 Å². The van der Waals surface area contributed by atoms with Crippen molar-refractivity contribution in [3.05, 3.63) is 59.2 Å². The number of nitrogens with one attached hydrogen (secondary N) is 1. The summed E-state index contributed by atoms with van der Waals surface area (Å²) in [6.07, 6.45) is 7.51. The van der Waals surface area contributed by atoms with E-state index in [2.05, 4.69) is 66.5 Å². The monoisotopic (exact) mass is 378 g/mol. The van der Waals surface area contributed by atoms with Crippen LogP contribution in [0.2, 0.25) is 0 Å². The molecule has 0 spiro atoms. The molecular weight excluding hydrogens is 344 g/mol. The number of benzene rings is 2. The minimum atomic E-state index is 0.540. The maximum absolute atomic E-state index is 5.91. The fourth-order valence-electron chi connectivity index (χ4n) is 4.82. The highest BCUT2D eigenvalue weighted by Gasteiger charge is 2.28. The molecule has 1 fully saturated rings. The summed E-state index contributed by atoms with van der Waals surface area (Å²) in [5.41, 5.74) is 5.56. The first-order valence-electron chi connectivity index (χ1n) is 11.0. The molecule has 2 aromatic rings. The summed E-state index contributed by atoms with van der Waals surface area (Å²) in [6.45, 7) is 7.19. The van der Waals surface area contributed by atoms with E-state index >= 15 is 0 Å². The molecule has 0 bridgehead atoms. The molecule has 1 atom stereocenters. The lowest BCUT2D eigenvalue weighted by Gasteiger charge is -2.34. The summed E-state index contributed by atoms with van der Waals surface area (Å²) in [6, 6.07) is 16.9. The van der Waals surface area contributed by atoms with Crippen LogP contribution >= 0.6 is 0 Å². The molecule has 2 aromatic carbocycles. The van der Waals surface area contributed by atoms with Crippen LogP contribution in [0, 0.1) is 6.92 Å². The van der Waals surface area contributed by atoms with Crippen molar-refractivity contribution in [1.82, 2.24) is 5.32 Å². The zero-order valence-corrected chi connectivity index (χ0v) is 17.4. The van der Waals surface area contributed by atoms with Crippen LogP contribution in [0.3, 0.4) is 0 Å². The van der Waals surface area contributed by atoms with Gasteiger partial charge in [-0.25, -0.2) is 0 Å². The largest absolute Gasteiger partial charge is 0.494 e. The predicted octanol–water partition coefficient (Wildman–Crippen LogP) is 4.90. The SMILES string of the molecule is CCOc1cc(N(CCC2CCCCN2)C2Cc3ccccc3C2)ccc1C. The van der Waals surface area contributed by atoms with Crippen LogP contribution in [-0.2, 0) is 12.8 Å². The van der Waals surface area contributed by atoms with Crippen molar-refractivity contribution in [2.45, 2.75) is 64.5 Å². The van der Waals surface area contributed by atoms with Gasteiger partial charge in [0.1, 0.15) is 5.75 Å². The molecule has 1 heterocycles. The number of fused-ring (bicyclic) bond motifs is 1. The first-order chi connectivity index (χ1) is 13.7. The molecule has 2 aliphatic rings. The second-order valence-corrected chi connectivity index (χ2v) is 8.34. The van der Waals surface area contributed by atoms with Crippen molar-refractivity contribution in [3.63, 3.8) is 0 Å². The highest BCUT2D eigenvalue weighted by Crippen LogP contribution is 2.32. The lowest BCUT2D eigenvalue weighted by molar-refractivity contribution is 0.337. The minimum Gasteiger partial charge on any atom is -0.494 e. The number of piperidine rings is 1. The van der Waals surface area contributed by atoms with Gasteiger partial charge in [0.15, 0.2) is 0 Å². The molecule has 0 saturated carbocycles. The van der Waals surface area contributed by atoms with Crippen LogP contribution in [-0.4, -0.2) is 31.8 Å². The van der Waals surface area contributed by atoms with Crippen molar-refractivity contribution < 1.29 is 4.74 Å². The molecule has 1 aliphatic heterocycles. The topological polar surface area (TPSA) is 24.5 Å². The molecule has 1 aliphatic carbocycles. The Kier molecular flexibility index (Phi) is 6.21. The van der Waals surface area contributed by atoms with Gasteiger partial charge in [-0.3, -0.25) is 0 Å². The van der Waals surface area contributed by atoms with Gasteiger partial charge < -0.3 is 15.0 Å². The van der Waals surface area contributed by atoms with Crippen molar-refractivity contribution in [1.29, 1.82) is 0 Å². The molecule has 3 heteroatoms. The quantitative estimate of drug-likeness (QED) is 0.742. The van der Waals surface area contributed by atoms with Crippen molar-refractivity contribution >= 4 is 5.69 Å². The van der Waals surface area contributed by atoms with Crippen LogP contribution in [0.15, 0.2) is 42.5 Å². The van der Waals surface area contributed by atoms with E-state index in [0.29, 0.717) is 18.7 Å². The van der Waals surface area contributed by atoms with Gasteiger partial charge in [-0.05, 0) is 75.3 Å². The van der Waals surface area contributed by atoms with Crippen LogP contribution in [0.25, 0.3) is 0 Å².